The van der Waals surface area contributed by atoms with Gasteiger partial charge in [0, 0.05) is 26.2 Å². The lowest BCUT2D eigenvalue weighted by molar-refractivity contribution is -0.123. The molecule has 1 aliphatic heterocycles. The smallest absolute Gasteiger partial charge is 0.239 e. The zero-order valence-electron chi connectivity index (χ0n) is 11.8. The highest BCUT2D eigenvalue weighted by atomic mass is 16.5. The second-order valence-electron chi connectivity index (χ2n) is 5.40. The number of carbonyl (C=O) groups excluding carboxylic acids is 1. The van der Waals surface area contributed by atoms with E-state index in [1.165, 1.54) is 12.8 Å². The first-order chi connectivity index (χ1) is 8.54. The minimum absolute atomic E-state index is 0.131. The number of rotatable bonds is 6. The molecule has 5 heteroatoms. The predicted octanol–water partition coefficient (Wildman–Crippen LogP) is 0.197. The number of piperidine rings is 1. The van der Waals surface area contributed by atoms with Gasteiger partial charge in [-0.15, -0.1) is 0 Å². The first-order valence-electron chi connectivity index (χ1n) is 6.80. The number of nitrogens with zero attached hydrogens (tertiary/aromatic N) is 1. The molecule has 3 atom stereocenters. The van der Waals surface area contributed by atoms with Gasteiger partial charge in [-0.2, -0.15) is 0 Å². The molecule has 0 aliphatic carbocycles. The highest BCUT2D eigenvalue weighted by Crippen LogP contribution is 2.17. The van der Waals surface area contributed by atoms with Gasteiger partial charge in [-0.1, -0.05) is 6.92 Å². The van der Waals surface area contributed by atoms with Crippen molar-refractivity contribution in [3.63, 3.8) is 0 Å². The van der Waals surface area contributed by atoms with Gasteiger partial charge < -0.3 is 15.8 Å². The van der Waals surface area contributed by atoms with Crippen LogP contribution in [0.1, 0.15) is 26.7 Å². The van der Waals surface area contributed by atoms with Crippen LogP contribution in [0.3, 0.4) is 0 Å². The Hall–Kier alpha value is -0.650. The van der Waals surface area contributed by atoms with Crippen LogP contribution in [0.2, 0.25) is 0 Å². The minimum atomic E-state index is -0.567. The van der Waals surface area contributed by atoms with E-state index < -0.39 is 6.04 Å². The summed E-state index contributed by atoms with van der Waals surface area (Å²) in [5, 5.41) is 2.89. The summed E-state index contributed by atoms with van der Waals surface area (Å²) in [5.74, 6) is 0.626. The summed E-state index contributed by atoms with van der Waals surface area (Å²) in [5.41, 5.74) is 5.66. The lowest BCUT2D eigenvalue weighted by Gasteiger charge is -2.35. The number of hydrogen-bond donors (Lipinski definition) is 2. The Morgan fingerprint density at radius 2 is 2.33 bits per heavy atom. The molecular formula is C13H27N3O2. The average molecular weight is 257 g/mol. The molecule has 0 bridgehead atoms. The summed E-state index contributed by atoms with van der Waals surface area (Å²) in [7, 11) is 1.55. The Bertz CT molecular complexity index is 261. The topological polar surface area (TPSA) is 67.6 Å². The Balaban J connectivity index is 2.27. The second kappa shape index (κ2) is 7.71. The van der Waals surface area contributed by atoms with Crippen LogP contribution in [0.5, 0.6) is 0 Å². The van der Waals surface area contributed by atoms with E-state index in [0.717, 1.165) is 19.0 Å². The van der Waals surface area contributed by atoms with Crippen LogP contribution in [0.4, 0.5) is 0 Å². The maximum Gasteiger partial charge on any atom is 0.239 e. The highest BCUT2D eigenvalue weighted by molar-refractivity contribution is 5.81. The highest BCUT2D eigenvalue weighted by Gasteiger charge is 2.21. The first kappa shape index (κ1) is 15.4. The van der Waals surface area contributed by atoms with E-state index in [-0.39, 0.29) is 12.5 Å². The van der Waals surface area contributed by atoms with Crippen molar-refractivity contribution in [2.75, 3.05) is 33.4 Å². The Morgan fingerprint density at radius 1 is 1.61 bits per heavy atom. The van der Waals surface area contributed by atoms with Crippen molar-refractivity contribution in [2.45, 2.75) is 38.8 Å². The molecule has 1 rings (SSSR count). The third-order valence-corrected chi connectivity index (χ3v) is 3.57. The third kappa shape index (κ3) is 4.92. The van der Waals surface area contributed by atoms with Crippen LogP contribution >= 0.6 is 0 Å². The van der Waals surface area contributed by atoms with Crippen LogP contribution < -0.4 is 11.1 Å². The Labute approximate surface area is 110 Å². The fourth-order valence-corrected chi connectivity index (χ4v) is 2.39. The van der Waals surface area contributed by atoms with E-state index in [0.29, 0.717) is 12.6 Å². The molecule has 1 aliphatic rings. The van der Waals surface area contributed by atoms with E-state index in [4.69, 9.17) is 10.5 Å². The molecule has 18 heavy (non-hydrogen) atoms. The van der Waals surface area contributed by atoms with Crippen LogP contribution in [0, 0.1) is 5.92 Å². The Morgan fingerprint density at radius 3 is 2.94 bits per heavy atom. The number of likely N-dealkylation sites (tertiary alicyclic amines) is 1. The maximum atomic E-state index is 11.6. The van der Waals surface area contributed by atoms with E-state index in [1.54, 1.807) is 7.11 Å². The number of nitrogens with two attached hydrogens (primary N) is 1. The molecule has 3 unspecified atom stereocenters. The fraction of sp³-hybridized carbons (Fsp3) is 0.923. The van der Waals surface area contributed by atoms with E-state index in [2.05, 4.69) is 24.1 Å². The van der Waals surface area contributed by atoms with Crippen molar-refractivity contribution in [2.24, 2.45) is 11.7 Å². The van der Waals surface area contributed by atoms with Crippen LogP contribution in [-0.2, 0) is 9.53 Å². The van der Waals surface area contributed by atoms with Gasteiger partial charge in [0.05, 0.1) is 6.61 Å². The SMILES string of the molecule is COCC(N)C(=O)NCC(C)N1CCCC(C)C1. The zero-order valence-corrected chi connectivity index (χ0v) is 11.8. The molecule has 1 heterocycles. The number of carbonyl (C=O) groups is 1. The number of ether oxygens (including phenoxy) is 1. The largest absolute Gasteiger partial charge is 0.383 e. The monoisotopic (exact) mass is 257 g/mol. The molecule has 1 fully saturated rings. The van der Waals surface area contributed by atoms with Gasteiger partial charge in [-0.3, -0.25) is 9.69 Å². The molecule has 1 saturated heterocycles. The number of hydrogen-bond acceptors (Lipinski definition) is 4. The summed E-state index contributed by atoms with van der Waals surface area (Å²) >= 11 is 0. The van der Waals surface area contributed by atoms with Crippen molar-refractivity contribution < 1.29 is 9.53 Å². The number of nitrogens with one attached hydrogen (secondary N) is 1. The van der Waals surface area contributed by atoms with Gasteiger partial charge in [-0.05, 0) is 32.2 Å². The summed E-state index contributed by atoms with van der Waals surface area (Å²) in [4.78, 5) is 14.1. The molecule has 0 radical (unpaired) electrons. The number of amides is 1. The summed E-state index contributed by atoms with van der Waals surface area (Å²) < 4.78 is 4.87. The van der Waals surface area contributed by atoms with E-state index in [1.807, 2.05) is 0 Å². The molecule has 3 N–H and O–H groups in total. The molecule has 0 aromatic carbocycles. The van der Waals surface area contributed by atoms with Crippen molar-refractivity contribution >= 4 is 5.91 Å². The minimum Gasteiger partial charge on any atom is -0.383 e. The van der Waals surface area contributed by atoms with Crippen molar-refractivity contribution in [3.05, 3.63) is 0 Å². The van der Waals surface area contributed by atoms with Gasteiger partial charge in [0.1, 0.15) is 6.04 Å². The van der Waals surface area contributed by atoms with Crippen molar-refractivity contribution in [1.82, 2.24) is 10.2 Å². The van der Waals surface area contributed by atoms with Crippen LogP contribution in [0.15, 0.2) is 0 Å². The first-order valence-corrected chi connectivity index (χ1v) is 6.80. The summed E-state index contributed by atoms with van der Waals surface area (Å²) in [6.07, 6.45) is 2.57. The molecule has 0 aromatic heterocycles. The molecule has 0 spiro atoms. The lowest BCUT2D eigenvalue weighted by atomic mass is 9.99. The molecule has 106 valence electrons. The van der Waals surface area contributed by atoms with Crippen LogP contribution in [0.25, 0.3) is 0 Å². The molecule has 5 nitrogen and oxygen atoms in total. The quantitative estimate of drug-likeness (QED) is 0.713. The van der Waals surface area contributed by atoms with Gasteiger partial charge in [0.2, 0.25) is 5.91 Å². The fourth-order valence-electron chi connectivity index (χ4n) is 2.39. The van der Waals surface area contributed by atoms with Gasteiger partial charge in [0.25, 0.3) is 0 Å². The molecule has 0 saturated carbocycles. The summed E-state index contributed by atoms with van der Waals surface area (Å²) in [6, 6.07) is -0.200. The molecule has 0 aromatic rings. The zero-order chi connectivity index (χ0) is 13.5. The molecule has 1 amide bonds. The van der Waals surface area contributed by atoms with Gasteiger partial charge in [-0.25, -0.2) is 0 Å². The maximum absolute atomic E-state index is 11.6. The van der Waals surface area contributed by atoms with E-state index >= 15 is 0 Å². The van der Waals surface area contributed by atoms with Crippen molar-refractivity contribution in [1.29, 1.82) is 0 Å². The third-order valence-electron chi connectivity index (χ3n) is 3.57. The summed E-state index contributed by atoms with van der Waals surface area (Å²) in [6.45, 7) is 7.61. The van der Waals surface area contributed by atoms with E-state index in [9.17, 15) is 4.79 Å². The average Bonchev–Trinajstić information content (AvgIpc) is 2.35. The normalized spacial score (nSPS) is 24.6. The number of methoxy groups -OCH3 is 1. The van der Waals surface area contributed by atoms with Crippen LogP contribution in [-0.4, -0.2) is 56.2 Å². The van der Waals surface area contributed by atoms with Crippen molar-refractivity contribution in [3.8, 4) is 0 Å². The van der Waals surface area contributed by atoms with Gasteiger partial charge in [0.15, 0.2) is 0 Å². The van der Waals surface area contributed by atoms with Gasteiger partial charge >= 0.3 is 0 Å². The Kier molecular flexibility index (Phi) is 6.60. The standard InChI is InChI=1S/C13H27N3O2/c1-10-5-4-6-16(8-10)11(2)7-15-13(17)12(14)9-18-3/h10-12H,4-9,14H2,1-3H3,(H,15,17). The second-order valence-corrected chi connectivity index (χ2v) is 5.40. The lowest BCUT2D eigenvalue weighted by Crippen LogP contribution is -2.50. The predicted molar refractivity (Wildman–Crippen MR) is 72.3 cm³/mol. The molecular weight excluding hydrogens is 230 g/mol.